The Morgan fingerprint density at radius 1 is 1.14 bits per heavy atom. The highest BCUT2D eigenvalue weighted by molar-refractivity contribution is 5.94. The molecule has 0 radical (unpaired) electrons. The zero-order chi connectivity index (χ0) is 16.3. The van der Waals surface area contributed by atoms with Crippen molar-refractivity contribution in [1.82, 2.24) is 10.6 Å². The van der Waals surface area contributed by atoms with Gasteiger partial charge < -0.3 is 10.5 Å². The van der Waals surface area contributed by atoms with E-state index in [1.54, 1.807) is 13.8 Å². The lowest BCUT2D eigenvalue weighted by atomic mass is 9.94. The normalized spacial score (nSPS) is 13.3. The van der Waals surface area contributed by atoms with Gasteiger partial charge in [-0.3, -0.25) is 20.2 Å². The van der Waals surface area contributed by atoms with Gasteiger partial charge in [-0.05, 0) is 20.3 Å². The number of hydrogen-bond acceptors (Lipinski definition) is 5. The summed E-state index contributed by atoms with van der Waals surface area (Å²) < 4.78 is 5.05. The van der Waals surface area contributed by atoms with Crippen molar-refractivity contribution in [1.29, 1.82) is 0 Å². The zero-order valence-electron chi connectivity index (χ0n) is 13.2. The van der Waals surface area contributed by atoms with Crippen LogP contribution in [0.5, 0.6) is 0 Å². The van der Waals surface area contributed by atoms with Crippen molar-refractivity contribution in [2.75, 3.05) is 13.2 Å². The maximum Gasteiger partial charge on any atom is 0.326 e. The van der Waals surface area contributed by atoms with Gasteiger partial charge in [0.15, 0.2) is 0 Å². The van der Waals surface area contributed by atoms with Gasteiger partial charge in [-0.1, -0.05) is 32.6 Å². The van der Waals surface area contributed by atoms with Crippen LogP contribution >= 0.6 is 0 Å². The molecule has 21 heavy (non-hydrogen) atoms. The van der Waals surface area contributed by atoms with Gasteiger partial charge in [-0.25, -0.2) is 4.79 Å². The number of amides is 3. The Bertz CT molecular complexity index is 360. The van der Waals surface area contributed by atoms with Crippen molar-refractivity contribution in [3.05, 3.63) is 0 Å². The van der Waals surface area contributed by atoms with Gasteiger partial charge >= 0.3 is 12.0 Å². The van der Waals surface area contributed by atoms with Crippen LogP contribution in [0.25, 0.3) is 0 Å². The molecule has 0 unspecified atom stereocenters. The minimum absolute atomic E-state index is 0.175. The van der Waals surface area contributed by atoms with E-state index in [2.05, 4.69) is 12.2 Å². The van der Waals surface area contributed by atoms with Crippen molar-refractivity contribution in [2.45, 2.75) is 58.4 Å². The topological polar surface area (TPSA) is 111 Å². The van der Waals surface area contributed by atoms with Crippen LogP contribution < -0.4 is 16.4 Å². The fourth-order valence-corrected chi connectivity index (χ4v) is 1.92. The number of hydrogen-bond donors (Lipinski definition) is 3. The number of nitrogens with one attached hydrogen (secondary N) is 2. The number of rotatable bonds is 10. The van der Waals surface area contributed by atoms with Crippen LogP contribution in [-0.2, 0) is 14.3 Å². The molecule has 0 aliphatic rings. The van der Waals surface area contributed by atoms with Gasteiger partial charge in [-0.2, -0.15) is 0 Å². The average Bonchev–Trinajstić information content (AvgIpc) is 2.41. The predicted molar refractivity (Wildman–Crippen MR) is 79.5 cm³/mol. The van der Waals surface area contributed by atoms with Crippen molar-refractivity contribution < 1.29 is 19.1 Å². The van der Waals surface area contributed by atoms with E-state index in [1.165, 1.54) is 0 Å². The molecule has 0 bridgehead atoms. The number of imide groups is 1. The molecule has 0 heterocycles. The van der Waals surface area contributed by atoms with Crippen LogP contribution in [-0.4, -0.2) is 36.6 Å². The molecule has 122 valence electrons. The Morgan fingerprint density at radius 3 is 2.33 bits per heavy atom. The zero-order valence-corrected chi connectivity index (χ0v) is 13.2. The predicted octanol–water partition coefficient (Wildman–Crippen LogP) is 1.06. The van der Waals surface area contributed by atoms with Gasteiger partial charge in [0.25, 0.3) is 0 Å². The lowest BCUT2D eigenvalue weighted by Crippen LogP contribution is -2.54. The number of carbonyl (C=O) groups excluding carboxylic acids is 3. The molecule has 0 fully saturated rings. The third kappa shape index (κ3) is 8.29. The lowest BCUT2D eigenvalue weighted by molar-refractivity contribution is -0.151. The molecule has 0 saturated carbocycles. The first-order chi connectivity index (χ1) is 9.85. The summed E-state index contributed by atoms with van der Waals surface area (Å²) in [6.45, 7) is 5.64. The minimum Gasteiger partial charge on any atom is -0.465 e. The second kappa shape index (κ2) is 10.1. The molecule has 0 aliphatic heterocycles. The second-order valence-corrected chi connectivity index (χ2v) is 5.13. The van der Waals surface area contributed by atoms with Crippen molar-refractivity contribution in [3.63, 3.8) is 0 Å². The van der Waals surface area contributed by atoms with Crippen molar-refractivity contribution in [2.24, 2.45) is 5.73 Å². The number of primary amides is 1. The van der Waals surface area contributed by atoms with Crippen LogP contribution in [0.15, 0.2) is 0 Å². The number of esters is 1. The van der Waals surface area contributed by atoms with Crippen LogP contribution in [0.2, 0.25) is 0 Å². The summed E-state index contributed by atoms with van der Waals surface area (Å²) in [4.78, 5) is 34.1. The number of unbranched alkanes of at least 4 members (excludes halogenated alkanes) is 3. The summed E-state index contributed by atoms with van der Waals surface area (Å²) in [5.74, 6) is -0.972. The van der Waals surface area contributed by atoms with E-state index in [0.29, 0.717) is 6.42 Å². The molecular formula is C14H27N3O4. The third-order valence-corrected chi connectivity index (χ3v) is 3.16. The molecule has 0 saturated heterocycles. The number of nitrogens with two attached hydrogens (primary N) is 1. The Hall–Kier alpha value is -1.63. The first-order valence-electron chi connectivity index (χ1n) is 7.37. The van der Waals surface area contributed by atoms with E-state index in [0.717, 1.165) is 25.7 Å². The Morgan fingerprint density at radius 2 is 1.81 bits per heavy atom. The molecule has 0 aromatic carbocycles. The van der Waals surface area contributed by atoms with E-state index >= 15 is 0 Å². The number of urea groups is 1. The van der Waals surface area contributed by atoms with Gasteiger partial charge in [0.1, 0.15) is 5.54 Å². The maximum atomic E-state index is 12.1. The molecular weight excluding hydrogens is 274 g/mol. The van der Waals surface area contributed by atoms with Crippen molar-refractivity contribution >= 4 is 17.9 Å². The van der Waals surface area contributed by atoms with E-state index in [1.807, 2.05) is 5.32 Å². The lowest BCUT2D eigenvalue weighted by Gasteiger charge is -2.28. The minimum atomic E-state index is -0.946. The van der Waals surface area contributed by atoms with Crippen LogP contribution in [0.3, 0.4) is 0 Å². The molecule has 0 aromatic heterocycles. The van der Waals surface area contributed by atoms with Crippen LogP contribution in [0.4, 0.5) is 4.79 Å². The van der Waals surface area contributed by atoms with E-state index in [-0.39, 0.29) is 13.2 Å². The Labute approximate surface area is 126 Å². The smallest absolute Gasteiger partial charge is 0.326 e. The van der Waals surface area contributed by atoms with E-state index < -0.39 is 23.4 Å². The summed E-state index contributed by atoms with van der Waals surface area (Å²) in [6.07, 6.45) is 4.63. The molecule has 7 nitrogen and oxygen atoms in total. The first-order valence-corrected chi connectivity index (χ1v) is 7.37. The molecule has 3 amide bonds. The standard InChI is InChI=1S/C14H27N3O4/c1-4-6-7-8-9-14(3,12(19)21-5-2)16-10-11(18)17-13(15)20/h16H,4-10H2,1-3H3,(H3,15,17,18,20)/t14-/m1/s1. The van der Waals surface area contributed by atoms with Crippen LogP contribution in [0, 0.1) is 0 Å². The first kappa shape index (κ1) is 19.4. The van der Waals surface area contributed by atoms with Crippen LogP contribution in [0.1, 0.15) is 52.9 Å². The average molecular weight is 301 g/mol. The Balaban J connectivity index is 4.53. The highest BCUT2D eigenvalue weighted by Gasteiger charge is 2.34. The molecule has 0 aromatic rings. The molecule has 0 spiro atoms. The largest absolute Gasteiger partial charge is 0.465 e. The summed E-state index contributed by atoms with van der Waals surface area (Å²) in [5, 5.41) is 4.82. The fraction of sp³-hybridized carbons (Fsp3) is 0.786. The molecule has 1 atom stereocenters. The summed E-state index contributed by atoms with van der Waals surface area (Å²) >= 11 is 0. The molecule has 0 aliphatic carbocycles. The van der Waals surface area contributed by atoms with E-state index in [4.69, 9.17) is 10.5 Å². The summed E-state index contributed by atoms with van der Waals surface area (Å²) in [5.41, 5.74) is 3.92. The molecule has 4 N–H and O–H groups in total. The number of carbonyl (C=O) groups is 3. The van der Waals surface area contributed by atoms with E-state index in [9.17, 15) is 14.4 Å². The molecule has 0 rings (SSSR count). The molecule has 7 heteroatoms. The van der Waals surface area contributed by atoms with Crippen molar-refractivity contribution in [3.8, 4) is 0 Å². The van der Waals surface area contributed by atoms with Gasteiger partial charge in [0, 0.05) is 0 Å². The summed E-state index contributed by atoms with van der Waals surface area (Å²) in [7, 11) is 0. The fourth-order valence-electron chi connectivity index (χ4n) is 1.92. The quantitative estimate of drug-likeness (QED) is 0.413. The maximum absolute atomic E-state index is 12.1. The Kier molecular flexibility index (Phi) is 9.36. The monoisotopic (exact) mass is 301 g/mol. The number of ether oxygens (including phenoxy) is 1. The SMILES string of the molecule is CCCCCC[C@@](C)(NCC(=O)NC(N)=O)C(=O)OCC. The van der Waals surface area contributed by atoms with Gasteiger partial charge in [-0.15, -0.1) is 0 Å². The van der Waals surface area contributed by atoms with Gasteiger partial charge in [0.05, 0.1) is 13.2 Å². The summed E-state index contributed by atoms with van der Waals surface area (Å²) in [6, 6.07) is -0.914. The highest BCUT2D eigenvalue weighted by Crippen LogP contribution is 2.17. The second-order valence-electron chi connectivity index (χ2n) is 5.13. The third-order valence-electron chi connectivity index (χ3n) is 3.16. The highest BCUT2D eigenvalue weighted by atomic mass is 16.5. The van der Waals surface area contributed by atoms with Gasteiger partial charge in [0.2, 0.25) is 5.91 Å².